The minimum atomic E-state index is -0.0271. The number of aliphatic hydroxyl groups excluding tert-OH is 1. The van der Waals surface area contributed by atoms with E-state index < -0.39 is 0 Å². The maximum Gasteiger partial charge on any atom is 0.123 e. The first kappa shape index (κ1) is 14.8. The third kappa shape index (κ3) is 5.38. The SMILES string of the molecule is CCCNC(CO)COc1cccc(OCC)c1. The molecule has 18 heavy (non-hydrogen) atoms. The molecule has 0 aliphatic heterocycles. The van der Waals surface area contributed by atoms with Crippen LogP contribution in [-0.4, -0.2) is 37.5 Å². The van der Waals surface area contributed by atoms with Crippen molar-refractivity contribution >= 4 is 0 Å². The van der Waals surface area contributed by atoms with Crippen molar-refractivity contribution in [1.29, 1.82) is 0 Å². The second-order valence-electron chi connectivity index (χ2n) is 4.05. The molecule has 1 aromatic rings. The molecule has 2 N–H and O–H groups in total. The van der Waals surface area contributed by atoms with E-state index in [0.717, 1.165) is 24.5 Å². The molecule has 0 aromatic heterocycles. The fraction of sp³-hybridized carbons (Fsp3) is 0.571. The highest BCUT2D eigenvalue weighted by Gasteiger charge is 2.07. The molecule has 1 atom stereocenters. The molecule has 0 saturated carbocycles. The first-order valence-electron chi connectivity index (χ1n) is 6.50. The first-order valence-corrected chi connectivity index (χ1v) is 6.50. The predicted molar refractivity (Wildman–Crippen MR) is 72.3 cm³/mol. The Bertz CT molecular complexity index is 331. The van der Waals surface area contributed by atoms with E-state index in [1.807, 2.05) is 31.2 Å². The third-order valence-corrected chi connectivity index (χ3v) is 2.47. The summed E-state index contributed by atoms with van der Waals surface area (Å²) in [6.45, 7) is 6.09. The van der Waals surface area contributed by atoms with Crippen LogP contribution in [0.1, 0.15) is 20.3 Å². The number of ether oxygens (including phenoxy) is 2. The molecule has 4 heteroatoms. The van der Waals surface area contributed by atoms with E-state index in [0.29, 0.717) is 13.2 Å². The monoisotopic (exact) mass is 253 g/mol. The summed E-state index contributed by atoms with van der Waals surface area (Å²) in [5.41, 5.74) is 0. The molecule has 0 fully saturated rings. The van der Waals surface area contributed by atoms with Gasteiger partial charge in [0.1, 0.15) is 18.1 Å². The first-order chi connectivity index (χ1) is 8.80. The van der Waals surface area contributed by atoms with Crippen LogP contribution in [0.3, 0.4) is 0 Å². The second kappa shape index (κ2) is 8.78. The molecule has 0 radical (unpaired) electrons. The largest absolute Gasteiger partial charge is 0.494 e. The number of hydrogen-bond acceptors (Lipinski definition) is 4. The molecule has 0 amide bonds. The van der Waals surface area contributed by atoms with Gasteiger partial charge in [-0.05, 0) is 32.0 Å². The molecule has 102 valence electrons. The van der Waals surface area contributed by atoms with Crippen molar-refractivity contribution in [3.63, 3.8) is 0 Å². The summed E-state index contributed by atoms with van der Waals surface area (Å²) in [5, 5.41) is 12.4. The van der Waals surface area contributed by atoms with Crippen LogP contribution < -0.4 is 14.8 Å². The summed E-state index contributed by atoms with van der Waals surface area (Å²) in [7, 11) is 0. The Balaban J connectivity index is 2.43. The highest BCUT2D eigenvalue weighted by Crippen LogP contribution is 2.19. The molecule has 1 aromatic carbocycles. The van der Waals surface area contributed by atoms with E-state index in [-0.39, 0.29) is 12.6 Å². The summed E-state index contributed by atoms with van der Waals surface area (Å²) in [6.07, 6.45) is 1.04. The zero-order chi connectivity index (χ0) is 13.2. The second-order valence-corrected chi connectivity index (χ2v) is 4.05. The molecule has 0 spiro atoms. The normalized spacial score (nSPS) is 12.2. The van der Waals surface area contributed by atoms with Crippen LogP contribution in [0.5, 0.6) is 11.5 Å². The van der Waals surface area contributed by atoms with Crippen LogP contribution in [0.4, 0.5) is 0 Å². The van der Waals surface area contributed by atoms with Gasteiger partial charge in [0.2, 0.25) is 0 Å². The minimum Gasteiger partial charge on any atom is -0.494 e. The highest BCUT2D eigenvalue weighted by atomic mass is 16.5. The van der Waals surface area contributed by atoms with Crippen LogP contribution in [0.25, 0.3) is 0 Å². The predicted octanol–water partition coefficient (Wildman–Crippen LogP) is 1.82. The Morgan fingerprint density at radius 2 is 1.94 bits per heavy atom. The van der Waals surface area contributed by atoms with Crippen LogP contribution in [0.2, 0.25) is 0 Å². The van der Waals surface area contributed by atoms with E-state index in [9.17, 15) is 5.11 Å². The number of aliphatic hydroxyl groups is 1. The molecule has 0 heterocycles. The average molecular weight is 253 g/mol. The van der Waals surface area contributed by atoms with Gasteiger partial charge >= 0.3 is 0 Å². The lowest BCUT2D eigenvalue weighted by Gasteiger charge is -2.17. The maximum absolute atomic E-state index is 9.20. The lowest BCUT2D eigenvalue weighted by atomic mass is 10.3. The Kier molecular flexibility index (Phi) is 7.22. The van der Waals surface area contributed by atoms with E-state index in [4.69, 9.17) is 9.47 Å². The standard InChI is InChI=1S/C14H23NO3/c1-3-8-15-12(10-16)11-18-14-7-5-6-13(9-14)17-4-2/h5-7,9,12,15-16H,3-4,8,10-11H2,1-2H3. The molecule has 1 unspecified atom stereocenters. The molecule has 0 bridgehead atoms. The Morgan fingerprint density at radius 1 is 1.22 bits per heavy atom. The summed E-state index contributed by atoms with van der Waals surface area (Å²) in [4.78, 5) is 0. The Labute approximate surface area is 109 Å². The van der Waals surface area contributed by atoms with Crippen molar-refractivity contribution in [1.82, 2.24) is 5.32 Å². The number of hydrogen-bond donors (Lipinski definition) is 2. The van der Waals surface area contributed by atoms with E-state index >= 15 is 0 Å². The van der Waals surface area contributed by atoms with Crippen molar-refractivity contribution in [3.05, 3.63) is 24.3 Å². The fourth-order valence-corrected chi connectivity index (χ4v) is 1.54. The molecule has 0 aliphatic rings. The summed E-state index contributed by atoms with van der Waals surface area (Å²) in [6, 6.07) is 7.51. The van der Waals surface area contributed by atoms with Crippen LogP contribution in [0, 0.1) is 0 Å². The zero-order valence-corrected chi connectivity index (χ0v) is 11.2. The number of nitrogens with one attached hydrogen (secondary N) is 1. The zero-order valence-electron chi connectivity index (χ0n) is 11.2. The average Bonchev–Trinajstić information content (AvgIpc) is 2.40. The van der Waals surface area contributed by atoms with Gasteiger partial charge < -0.3 is 19.9 Å². The molecular weight excluding hydrogens is 230 g/mol. The van der Waals surface area contributed by atoms with Gasteiger partial charge in [0.25, 0.3) is 0 Å². The lowest BCUT2D eigenvalue weighted by molar-refractivity contribution is 0.183. The van der Waals surface area contributed by atoms with Crippen molar-refractivity contribution in [2.75, 3.05) is 26.4 Å². The Hall–Kier alpha value is -1.26. The van der Waals surface area contributed by atoms with Crippen molar-refractivity contribution in [3.8, 4) is 11.5 Å². The Morgan fingerprint density at radius 3 is 2.56 bits per heavy atom. The summed E-state index contributed by atoms with van der Waals surface area (Å²) < 4.78 is 11.0. The molecule has 4 nitrogen and oxygen atoms in total. The molecule has 0 saturated heterocycles. The number of rotatable bonds is 9. The van der Waals surface area contributed by atoms with Gasteiger partial charge in [-0.1, -0.05) is 13.0 Å². The van der Waals surface area contributed by atoms with Crippen molar-refractivity contribution in [2.24, 2.45) is 0 Å². The lowest BCUT2D eigenvalue weighted by Crippen LogP contribution is -2.38. The van der Waals surface area contributed by atoms with Crippen LogP contribution in [-0.2, 0) is 0 Å². The van der Waals surface area contributed by atoms with E-state index in [1.165, 1.54) is 0 Å². The smallest absolute Gasteiger partial charge is 0.123 e. The van der Waals surface area contributed by atoms with Crippen molar-refractivity contribution in [2.45, 2.75) is 26.3 Å². The van der Waals surface area contributed by atoms with Gasteiger partial charge in [-0.15, -0.1) is 0 Å². The summed E-state index contributed by atoms with van der Waals surface area (Å²) >= 11 is 0. The van der Waals surface area contributed by atoms with Gasteiger partial charge in [-0.3, -0.25) is 0 Å². The van der Waals surface area contributed by atoms with E-state index in [2.05, 4.69) is 12.2 Å². The summed E-state index contributed by atoms with van der Waals surface area (Å²) in [5.74, 6) is 1.56. The molecule has 1 rings (SSSR count). The third-order valence-electron chi connectivity index (χ3n) is 2.47. The van der Waals surface area contributed by atoms with Gasteiger partial charge in [0.15, 0.2) is 0 Å². The molecule has 0 aliphatic carbocycles. The van der Waals surface area contributed by atoms with Crippen LogP contribution >= 0.6 is 0 Å². The van der Waals surface area contributed by atoms with E-state index in [1.54, 1.807) is 0 Å². The van der Waals surface area contributed by atoms with Gasteiger partial charge in [-0.25, -0.2) is 0 Å². The maximum atomic E-state index is 9.20. The van der Waals surface area contributed by atoms with Crippen molar-refractivity contribution < 1.29 is 14.6 Å². The quantitative estimate of drug-likeness (QED) is 0.705. The highest BCUT2D eigenvalue weighted by molar-refractivity contribution is 5.32. The fourth-order valence-electron chi connectivity index (χ4n) is 1.54. The topological polar surface area (TPSA) is 50.7 Å². The minimum absolute atomic E-state index is 0.0271. The van der Waals surface area contributed by atoms with Crippen LogP contribution in [0.15, 0.2) is 24.3 Å². The van der Waals surface area contributed by atoms with Gasteiger partial charge in [0, 0.05) is 6.07 Å². The van der Waals surface area contributed by atoms with Gasteiger partial charge in [0.05, 0.1) is 19.3 Å². The molecular formula is C14H23NO3. The number of benzene rings is 1. The van der Waals surface area contributed by atoms with Gasteiger partial charge in [-0.2, -0.15) is 0 Å².